The average molecular weight is 1290 g/mol. The van der Waals surface area contributed by atoms with Gasteiger partial charge in [0.25, 0.3) is 0 Å². The Bertz CT molecular complexity index is 1800. The molecular formula is C69H130O17P2. The van der Waals surface area contributed by atoms with Gasteiger partial charge in [0.15, 0.2) is 12.2 Å². The van der Waals surface area contributed by atoms with E-state index in [4.69, 9.17) is 37.0 Å². The molecule has 2 unspecified atom stereocenters. The van der Waals surface area contributed by atoms with Crippen LogP contribution in [0.1, 0.15) is 330 Å². The maximum absolute atomic E-state index is 13.0. The van der Waals surface area contributed by atoms with Crippen molar-refractivity contribution in [3.8, 4) is 0 Å². The second-order valence-electron chi connectivity index (χ2n) is 24.7. The van der Waals surface area contributed by atoms with Crippen molar-refractivity contribution >= 4 is 39.5 Å². The molecule has 17 nitrogen and oxygen atoms in total. The van der Waals surface area contributed by atoms with Gasteiger partial charge in [0, 0.05) is 25.7 Å². The van der Waals surface area contributed by atoms with Crippen LogP contribution in [0.25, 0.3) is 0 Å². The highest BCUT2D eigenvalue weighted by molar-refractivity contribution is 7.47. The summed E-state index contributed by atoms with van der Waals surface area (Å²) in [6.07, 6.45) is 50.8. The van der Waals surface area contributed by atoms with Crippen molar-refractivity contribution < 1.29 is 80.2 Å². The molecule has 0 aliphatic rings. The van der Waals surface area contributed by atoms with Crippen LogP contribution in [0.5, 0.6) is 0 Å². The molecule has 0 aliphatic heterocycles. The molecule has 0 saturated carbocycles. The number of rotatable bonds is 67. The Hall–Kier alpha value is -2.46. The molecule has 0 fully saturated rings. The minimum atomic E-state index is -4.96. The number of phosphoric ester groups is 2. The van der Waals surface area contributed by atoms with E-state index >= 15 is 0 Å². The molecule has 0 aliphatic carbocycles. The first kappa shape index (κ1) is 85.5. The Morgan fingerprint density at radius 1 is 0.352 bits per heavy atom. The first-order valence-electron chi connectivity index (χ1n) is 35.5. The largest absolute Gasteiger partial charge is 0.472 e. The van der Waals surface area contributed by atoms with Crippen LogP contribution in [0.15, 0.2) is 24.3 Å². The minimum absolute atomic E-state index is 0.0852. The normalized spacial score (nSPS) is 14.3. The number of carbonyl (C=O) groups excluding carboxylic acids is 4. The predicted molar refractivity (Wildman–Crippen MR) is 354 cm³/mol. The molecule has 0 aromatic rings. The molecule has 0 rings (SSSR count). The third kappa shape index (κ3) is 62.4. The summed E-state index contributed by atoms with van der Waals surface area (Å²) >= 11 is 0. The maximum atomic E-state index is 13.0. The van der Waals surface area contributed by atoms with Gasteiger partial charge in [-0.15, -0.1) is 0 Å². The molecule has 0 aromatic carbocycles. The van der Waals surface area contributed by atoms with Crippen molar-refractivity contribution in [2.75, 3.05) is 39.6 Å². The van der Waals surface area contributed by atoms with Gasteiger partial charge >= 0.3 is 39.5 Å². The van der Waals surface area contributed by atoms with Crippen molar-refractivity contribution in [2.45, 2.75) is 348 Å². The molecule has 0 amide bonds. The monoisotopic (exact) mass is 1290 g/mol. The highest BCUT2D eigenvalue weighted by atomic mass is 31.2. The van der Waals surface area contributed by atoms with Crippen molar-refractivity contribution in [1.82, 2.24) is 0 Å². The molecule has 3 N–H and O–H groups in total. The molecule has 0 saturated heterocycles. The van der Waals surface area contributed by atoms with Crippen molar-refractivity contribution in [2.24, 2.45) is 5.92 Å². The smallest absolute Gasteiger partial charge is 0.462 e. The number of hydrogen-bond acceptors (Lipinski definition) is 15. The van der Waals surface area contributed by atoms with E-state index in [-0.39, 0.29) is 25.7 Å². The molecule has 518 valence electrons. The summed E-state index contributed by atoms with van der Waals surface area (Å²) in [6.45, 7) is 7.14. The lowest BCUT2D eigenvalue weighted by Crippen LogP contribution is -2.30. The molecule has 5 atom stereocenters. The third-order valence-corrected chi connectivity index (χ3v) is 17.3. The number of ether oxygens (including phenoxy) is 4. The van der Waals surface area contributed by atoms with Crippen molar-refractivity contribution in [3.63, 3.8) is 0 Å². The van der Waals surface area contributed by atoms with Gasteiger partial charge in [-0.1, -0.05) is 277 Å². The second kappa shape index (κ2) is 62.0. The maximum Gasteiger partial charge on any atom is 0.472 e. The minimum Gasteiger partial charge on any atom is -0.462 e. The number of aliphatic hydroxyl groups is 1. The Balaban J connectivity index is 5.25. The standard InChI is InChI=1S/C69H130O17P2/c1-6-9-12-15-18-20-22-23-24-25-31-35-40-45-50-55-69(74)86-65(59-80-67(72)53-48-43-38-33-30-27-26-29-32-37-41-46-51-62(4)5)61-84-88(77,78)82-57-63(70)56-81-87(75,76)83-60-64(58-79-66(71)52-47-42-36-17-14-11-8-3)85-68(73)54-49-44-39-34-28-21-19-16-13-10-7-2/h20,22-24,62-65,70H,6-19,21,25-61H2,1-5H3,(H,75,76)(H,77,78)/b22-20-,24-23-/t63-,64+,65+/m0/s1. The van der Waals surface area contributed by atoms with Gasteiger partial charge in [-0.25, -0.2) is 9.13 Å². The van der Waals surface area contributed by atoms with E-state index in [1.54, 1.807) is 0 Å². The summed E-state index contributed by atoms with van der Waals surface area (Å²) in [7, 11) is -9.90. The lowest BCUT2D eigenvalue weighted by molar-refractivity contribution is -0.161. The number of unbranched alkanes of at least 4 members (excludes halogenated alkanes) is 36. The van der Waals surface area contributed by atoms with Crippen molar-refractivity contribution in [1.29, 1.82) is 0 Å². The summed E-state index contributed by atoms with van der Waals surface area (Å²) in [5, 5.41) is 10.6. The highest BCUT2D eigenvalue weighted by Gasteiger charge is 2.30. The van der Waals surface area contributed by atoms with E-state index in [0.29, 0.717) is 25.7 Å². The van der Waals surface area contributed by atoms with Crippen LogP contribution in [0.2, 0.25) is 0 Å². The van der Waals surface area contributed by atoms with Gasteiger partial charge in [0.05, 0.1) is 26.4 Å². The number of carbonyl (C=O) groups is 4. The predicted octanol–water partition coefficient (Wildman–Crippen LogP) is 19.3. The summed E-state index contributed by atoms with van der Waals surface area (Å²) in [5.41, 5.74) is 0. The molecule has 88 heavy (non-hydrogen) atoms. The topological polar surface area (TPSA) is 237 Å². The van der Waals surface area contributed by atoms with Crippen LogP contribution in [0.4, 0.5) is 0 Å². The van der Waals surface area contributed by atoms with Crippen molar-refractivity contribution in [3.05, 3.63) is 24.3 Å². The molecule has 0 aromatic heterocycles. The van der Waals surface area contributed by atoms with Crippen LogP contribution in [-0.2, 0) is 65.4 Å². The van der Waals surface area contributed by atoms with Gasteiger partial charge in [-0.05, 0) is 57.3 Å². The van der Waals surface area contributed by atoms with E-state index in [0.717, 1.165) is 121 Å². The number of esters is 4. The van der Waals surface area contributed by atoms with Crippen LogP contribution in [0, 0.1) is 5.92 Å². The fourth-order valence-corrected chi connectivity index (χ4v) is 11.5. The average Bonchev–Trinajstić information content (AvgIpc) is 3.58. The van der Waals surface area contributed by atoms with E-state index in [2.05, 4.69) is 58.9 Å². The highest BCUT2D eigenvalue weighted by Crippen LogP contribution is 2.45. The van der Waals surface area contributed by atoms with Crippen LogP contribution >= 0.6 is 15.6 Å². The Kier molecular flexibility index (Phi) is 60.3. The Morgan fingerprint density at radius 2 is 0.614 bits per heavy atom. The number of phosphoric acid groups is 2. The van der Waals surface area contributed by atoms with Crippen LogP contribution in [0.3, 0.4) is 0 Å². The molecular weight excluding hydrogens is 1160 g/mol. The fourth-order valence-electron chi connectivity index (χ4n) is 9.93. The van der Waals surface area contributed by atoms with E-state index in [1.807, 2.05) is 0 Å². The van der Waals surface area contributed by atoms with Crippen LogP contribution < -0.4 is 0 Å². The number of hydrogen-bond donors (Lipinski definition) is 3. The van der Waals surface area contributed by atoms with Gasteiger partial charge in [-0.2, -0.15) is 0 Å². The summed E-state index contributed by atoms with van der Waals surface area (Å²) < 4.78 is 68.1. The number of aliphatic hydroxyl groups excluding tert-OH is 1. The SMILES string of the molecule is CCCCCC/C=C\C=C/CCCCCCCC(=O)O[C@H](COC(=O)CCCCCCCCCCCCCCC(C)C)COP(=O)(O)OC[C@@H](O)COP(=O)(O)OC[C@@H](COC(=O)CCCCCCCCC)OC(=O)CCCCCCCCCCCCC. The zero-order valence-electron chi connectivity index (χ0n) is 56.3. The Morgan fingerprint density at radius 3 is 0.932 bits per heavy atom. The quantitative estimate of drug-likeness (QED) is 0.0169. The summed E-state index contributed by atoms with van der Waals surface area (Å²) in [5.74, 6) is -1.38. The van der Waals surface area contributed by atoms with E-state index in [1.165, 1.54) is 128 Å². The molecule has 0 heterocycles. The molecule has 19 heteroatoms. The van der Waals surface area contributed by atoms with Gasteiger partial charge in [-0.3, -0.25) is 37.3 Å². The summed E-state index contributed by atoms with van der Waals surface area (Å²) in [4.78, 5) is 72.3. The first-order chi connectivity index (χ1) is 42.5. The molecule has 0 spiro atoms. The molecule has 0 bridgehead atoms. The van der Waals surface area contributed by atoms with Gasteiger partial charge in [0.1, 0.15) is 19.3 Å². The lowest BCUT2D eigenvalue weighted by atomic mass is 10.0. The zero-order valence-corrected chi connectivity index (χ0v) is 58.1. The first-order valence-corrected chi connectivity index (χ1v) is 38.4. The van der Waals surface area contributed by atoms with E-state index < -0.39 is 97.5 Å². The van der Waals surface area contributed by atoms with Gasteiger partial charge < -0.3 is 33.8 Å². The molecule has 0 radical (unpaired) electrons. The second-order valence-corrected chi connectivity index (χ2v) is 27.6. The van der Waals surface area contributed by atoms with Crippen LogP contribution in [-0.4, -0.2) is 96.7 Å². The van der Waals surface area contributed by atoms with E-state index in [9.17, 15) is 43.2 Å². The number of allylic oxidation sites excluding steroid dienone is 4. The lowest BCUT2D eigenvalue weighted by Gasteiger charge is -2.21. The third-order valence-electron chi connectivity index (χ3n) is 15.4. The Labute approximate surface area is 535 Å². The zero-order chi connectivity index (χ0) is 64.9. The summed E-state index contributed by atoms with van der Waals surface area (Å²) in [6, 6.07) is 0. The van der Waals surface area contributed by atoms with Gasteiger partial charge in [0.2, 0.25) is 0 Å². The fraction of sp³-hybridized carbons (Fsp3) is 0.884.